The quantitative estimate of drug-likeness (QED) is 0.433. The maximum Gasteiger partial charge on any atom is 0.271 e. The summed E-state index contributed by atoms with van der Waals surface area (Å²) in [5.41, 5.74) is 2.27. The summed E-state index contributed by atoms with van der Waals surface area (Å²) in [5.74, 6) is -0.281. The van der Waals surface area contributed by atoms with Crippen LogP contribution in [0.25, 0.3) is 0 Å². The Balaban J connectivity index is 1.74. The smallest absolute Gasteiger partial charge is 0.271 e. The van der Waals surface area contributed by atoms with E-state index in [1.165, 1.54) is 5.06 Å². The van der Waals surface area contributed by atoms with Crippen LogP contribution in [0.4, 0.5) is 5.69 Å². The molecule has 5 nitrogen and oxygen atoms in total. The summed E-state index contributed by atoms with van der Waals surface area (Å²) in [6, 6.07) is 24.0. The Hall–Kier alpha value is -2.96. The second-order valence-electron chi connectivity index (χ2n) is 8.38. The van der Waals surface area contributed by atoms with Gasteiger partial charge in [0.05, 0.1) is 6.04 Å². The lowest BCUT2D eigenvalue weighted by Gasteiger charge is -2.33. The van der Waals surface area contributed by atoms with Crippen LogP contribution < -0.4 is 5.32 Å². The molecule has 0 unspecified atom stereocenters. The lowest BCUT2D eigenvalue weighted by atomic mass is 9.96. The first-order chi connectivity index (χ1) is 15.3. The van der Waals surface area contributed by atoms with Crippen molar-refractivity contribution in [3.8, 4) is 0 Å². The van der Waals surface area contributed by atoms with Gasteiger partial charge >= 0.3 is 0 Å². The monoisotopic (exact) mass is 492 g/mol. The molecule has 0 fully saturated rings. The van der Waals surface area contributed by atoms with Gasteiger partial charge in [-0.1, -0.05) is 82.7 Å². The summed E-state index contributed by atoms with van der Waals surface area (Å²) in [6.07, 6.45) is 0.108. The van der Waals surface area contributed by atoms with Gasteiger partial charge < -0.3 is 5.32 Å². The Kier molecular flexibility index (Phi) is 6.44. The highest BCUT2D eigenvalue weighted by Gasteiger charge is 2.42. The third kappa shape index (κ3) is 4.76. The number of carbonyl (C=O) groups is 2. The van der Waals surface area contributed by atoms with Gasteiger partial charge in [-0.2, -0.15) is 0 Å². The highest BCUT2D eigenvalue weighted by Crippen LogP contribution is 2.39. The van der Waals surface area contributed by atoms with Crippen LogP contribution in [0, 0.1) is 0 Å². The van der Waals surface area contributed by atoms with E-state index in [0.717, 1.165) is 21.3 Å². The Morgan fingerprint density at radius 3 is 2.38 bits per heavy atom. The van der Waals surface area contributed by atoms with Crippen molar-refractivity contribution in [3.63, 3.8) is 0 Å². The molecule has 4 rings (SSSR count). The Bertz CT molecular complexity index is 1120. The molecule has 164 valence electrons. The number of hydrogen-bond acceptors (Lipinski definition) is 4. The van der Waals surface area contributed by atoms with Gasteiger partial charge in [-0.15, -0.1) is 0 Å². The fraction of sp³-hybridized carbons (Fsp3) is 0.231. The molecule has 0 radical (unpaired) electrons. The number of benzene rings is 3. The maximum atomic E-state index is 13.6. The average molecular weight is 493 g/mol. The van der Waals surface area contributed by atoms with Crippen molar-refractivity contribution >= 4 is 33.3 Å². The zero-order valence-electron chi connectivity index (χ0n) is 18.0. The second kappa shape index (κ2) is 9.27. The number of carbonyl (C=O) groups excluding carboxylic acids is 2. The van der Waals surface area contributed by atoms with Crippen LogP contribution in [0.1, 0.15) is 47.8 Å². The number of anilines is 1. The number of nitrogens with zero attached hydrogens (tertiary/aromatic N) is 1. The molecular weight excluding hydrogens is 468 g/mol. The number of halogens is 1. The molecule has 0 aliphatic carbocycles. The number of hydroxylamine groups is 2. The molecule has 0 bridgehead atoms. The van der Waals surface area contributed by atoms with Crippen molar-refractivity contribution in [3.05, 3.63) is 100 Å². The molecule has 0 saturated heterocycles. The number of nitrogens with one attached hydrogen (secondary N) is 1. The first-order valence-corrected chi connectivity index (χ1v) is 11.3. The van der Waals surface area contributed by atoms with Gasteiger partial charge in [0, 0.05) is 27.7 Å². The molecule has 0 spiro atoms. The zero-order valence-corrected chi connectivity index (χ0v) is 19.6. The van der Waals surface area contributed by atoms with Crippen molar-refractivity contribution in [1.82, 2.24) is 5.06 Å². The van der Waals surface area contributed by atoms with E-state index < -0.39 is 11.6 Å². The third-order valence-electron chi connectivity index (χ3n) is 5.53. The van der Waals surface area contributed by atoms with Gasteiger partial charge in [0.25, 0.3) is 5.91 Å². The molecule has 1 amide bonds. The molecule has 1 atom stereocenters. The lowest BCUT2D eigenvalue weighted by molar-refractivity contribution is -0.209. The van der Waals surface area contributed by atoms with E-state index >= 15 is 0 Å². The van der Waals surface area contributed by atoms with E-state index in [1.54, 1.807) is 12.1 Å². The van der Waals surface area contributed by atoms with E-state index in [9.17, 15) is 9.59 Å². The summed E-state index contributed by atoms with van der Waals surface area (Å²) in [4.78, 5) is 32.9. The largest absolute Gasteiger partial charge is 0.371 e. The number of ketones is 1. The summed E-state index contributed by atoms with van der Waals surface area (Å²) in [5, 5.41) is 4.74. The van der Waals surface area contributed by atoms with Crippen LogP contribution in [-0.2, 0) is 16.2 Å². The van der Waals surface area contributed by atoms with Crippen LogP contribution in [0.5, 0.6) is 0 Å². The van der Waals surface area contributed by atoms with Gasteiger partial charge in [0.1, 0.15) is 12.1 Å². The second-order valence-corrected chi connectivity index (χ2v) is 9.30. The average Bonchev–Trinajstić information content (AvgIpc) is 2.86. The fourth-order valence-corrected chi connectivity index (χ4v) is 4.20. The molecule has 1 heterocycles. The van der Waals surface area contributed by atoms with Crippen molar-refractivity contribution < 1.29 is 14.4 Å². The number of amides is 1. The molecule has 0 aromatic heterocycles. The molecule has 3 aromatic rings. The number of rotatable bonds is 6. The molecule has 1 aliphatic rings. The number of hydrogen-bond donors (Lipinski definition) is 1. The van der Waals surface area contributed by atoms with Gasteiger partial charge in [0.2, 0.25) is 0 Å². The minimum Gasteiger partial charge on any atom is -0.371 e. The molecule has 6 heteroatoms. The predicted molar refractivity (Wildman–Crippen MR) is 128 cm³/mol. The summed E-state index contributed by atoms with van der Waals surface area (Å²) < 4.78 is 0.888. The fourth-order valence-electron chi connectivity index (χ4n) is 3.84. The Morgan fingerprint density at radius 2 is 1.69 bits per heavy atom. The minimum atomic E-state index is -0.920. The SMILES string of the molecule is CC1(C)Nc2cc(Br)ccc2[C@@H](CC(=O)c2ccccc2)N(OCc2ccccc2)C1=O. The number of Topliss-reactive ketones (excluding diaryl/α,β-unsaturated/α-hetero) is 1. The van der Waals surface area contributed by atoms with Crippen molar-refractivity contribution in [2.45, 2.75) is 38.5 Å². The third-order valence-corrected chi connectivity index (χ3v) is 6.02. The maximum absolute atomic E-state index is 13.6. The Morgan fingerprint density at radius 1 is 1.03 bits per heavy atom. The van der Waals surface area contributed by atoms with E-state index in [0.29, 0.717) is 5.56 Å². The van der Waals surface area contributed by atoms with Gasteiger partial charge in [0.15, 0.2) is 5.78 Å². The highest BCUT2D eigenvalue weighted by molar-refractivity contribution is 9.10. The van der Waals surface area contributed by atoms with Crippen LogP contribution >= 0.6 is 15.9 Å². The van der Waals surface area contributed by atoms with Crippen LogP contribution in [0.3, 0.4) is 0 Å². The predicted octanol–water partition coefficient (Wildman–Crippen LogP) is 5.93. The van der Waals surface area contributed by atoms with Crippen LogP contribution in [0.2, 0.25) is 0 Å². The van der Waals surface area contributed by atoms with E-state index in [-0.39, 0.29) is 24.7 Å². The Labute approximate surface area is 196 Å². The van der Waals surface area contributed by atoms with Gasteiger partial charge in [-0.3, -0.25) is 14.4 Å². The molecule has 3 aromatic carbocycles. The molecule has 1 aliphatic heterocycles. The molecular formula is C26H25BrN2O3. The minimum absolute atomic E-state index is 0.0507. The topological polar surface area (TPSA) is 58.6 Å². The molecule has 0 saturated carbocycles. The van der Waals surface area contributed by atoms with Crippen LogP contribution in [0.15, 0.2) is 83.3 Å². The first-order valence-electron chi connectivity index (χ1n) is 10.5. The van der Waals surface area contributed by atoms with E-state index in [1.807, 2.05) is 80.6 Å². The summed E-state index contributed by atoms with van der Waals surface area (Å²) in [6.45, 7) is 3.87. The van der Waals surface area contributed by atoms with Gasteiger partial charge in [-0.25, -0.2) is 5.06 Å². The van der Waals surface area contributed by atoms with Crippen molar-refractivity contribution in [1.29, 1.82) is 0 Å². The van der Waals surface area contributed by atoms with Crippen molar-refractivity contribution in [2.24, 2.45) is 0 Å². The lowest BCUT2D eigenvalue weighted by Crippen LogP contribution is -2.49. The van der Waals surface area contributed by atoms with E-state index in [4.69, 9.17) is 4.84 Å². The zero-order chi connectivity index (χ0) is 22.7. The summed E-state index contributed by atoms with van der Waals surface area (Å²) >= 11 is 3.52. The van der Waals surface area contributed by atoms with Gasteiger partial charge in [-0.05, 0) is 31.5 Å². The standard InChI is InChI=1S/C26H25BrN2O3/c1-26(2)25(31)29(32-17-18-9-5-3-6-10-18)23(16-24(30)19-11-7-4-8-12-19)21-14-13-20(27)15-22(21)28-26/h3-15,23,28H,16-17H2,1-2H3/t23-/m1/s1. The van der Waals surface area contributed by atoms with Crippen molar-refractivity contribution in [2.75, 3.05) is 5.32 Å². The van der Waals surface area contributed by atoms with Crippen LogP contribution in [-0.4, -0.2) is 22.3 Å². The normalized spacial score (nSPS) is 17.3. The highest BCUT2D eigenvalue weighted by atomic mass is 79.9. The first kappa shape index (κ1) is 22.2. The molecule has 32 heavy (non-hydrogen) atoms. The molecule has 1 N–H and O–H groups in total. The number of fused-ring (bicyclic) bond motifs is 1. The summed E-state index contributed by atoms with van der Waals surface area (Å²) in [7, 11) is 0. The van der Waals surface area contributed by atoms with E-state index in [2.05, 4.69) is 21.2 Å².